The van der Waals surface area contributed by atoms with Gasteiger partial charge in [0, 0.05) is 18.4 Å². The predicted octanol–water partition coefficient (Wildman–Crippen LogP) is 5.05. The minimum absolute atomic E-state index is 0.135. The molecule has 0 saturated heterocycles. The van der Waals surface area contributed by atoms with Crippen molar-refractivity contribution in [3.8, 4) is 24.2 Å². The van der Waals surface area contributed by atoms with Crippen molar-refractivity contribution >= 4 is 0 Å². The summed E-state index contributed by atoms with van der Waals surface area (Å²) in [5.41, 5.74) is 4.05. The Morgan fingerprint density at radius 2 is 1.35 bits per heavy atom. The van der Waals surface area contributed by atoms with Crippen LogP contribution in [-0.2, 0) is 10.8 Å². The molecule has 0 fully saturated rings. The van der Waals surface area contributed by atoms with Crippen LogP contribution >= 0.6 is 0 Å². The lowest BCUT2D eigenvalue weighted by Crippen LogP contribution is -2.16. The molecular weight excluding hydrogens is 240 g/mol. The Balaban J connectivity index is 3.24. The third kappa shape index (κ3) is 4.79. The van der Waals surface area contributed by atoms with E-state index < -0.39 is 0 Å². The van der Waals surface area contributed by atoms with Gasteiger partial charge >= 0.3 is 0 Å². The summed E-state index contributed by atoms with van der Waals surface area (Å²) < 4.78 is 0. The molecule has 0 radical (unpaired) electrons. The summed E-state index contributed by atoms with van der Waals surface area (Å²) in [4.78, 5) is 0. The number of benzene rings is 1. The number of unbranched alkanes of at least 4 members (excludes halogenated alkanes) is 1. The lowest BCUT2D eigenvalue weighted by Gasteiger charge is -2.25. The fourth-order valence-corrected chi connectivity index (χ4v) is 1.87. The molecule has 20 heavy (non-hydrogen) atoms. The van der Waals surface area contributed by atoms with Crippen molar-refractivity contribution in [2.45, 2.75) is 65.2 Å². The van der Waals surface area contributed by atoms with E-state index >= 15 is 0 Å². The van der Waals surface area contributed by atoms with Crippen molar-refractivity contribution in [1.82, 2.24) is 0 Å². The molecule has 0 aliphatic rings. The highest BCUT2D eigenvalue weighted by Crippen LogP contribution is 2.30. The number of hydrogen-bond donors (Lipinski definition) is 0. The first-order chi connectivity index (χ1) is 9.14. The Morgan fingerprint density at radius 1 is 0.850 bits per heavy atom. The zero-order valence-corrected chi connectivity index (χ0v) is 13.7. The largest absolute Gasteiger partial charge is 0.120 e. The Hall–Kier alpha value is -1.66. The maximum atomic E-state index is 5.25. The third-order valence-electron chi connectivity index (χ3n) is 3.29. The molecule has 0 amide bonds. The lowest BCUT2D eigenvalue weighted by atomic mass is 9.79. The van der Waals surface area contributed by atoms with Crippen LogP contribution in [0, 0.1) is 24.2 Å². The van der Waals surface area contributed by atoms with E-state index in [1.165, 1.54) is 11.1 Å². The molecule has 0 nitrogen and oxygen atoms in total. The molecule has 0 aliphatic carbocycles. The molecule has 0 atom stereocenters. The molecule has 0 aromatic heterocycles. The van der Waals surface area contributed by atoms with Gasteiger partial charge in [0.2, 0.25) is 0 Å². The zero-order chi connectivity index (χ0) is 15.4. The van der Waals surface area contributed by atoms with Crippen LogP contribution in [0.1, 0.15) is 71.1 Å². The highest BCUT2D eigenvalue weighted by molar-refractivity contribution is 5.44. The van der Waals surface area contributed by atoms with Gasteiger partial charge in [0.25, 0.3) is 0 Å². The first kappa shape index (κ1) is 16.4. The van der Waals surface area contributed by atoms with E-state index in [0.717, 1.165) is 18.4 Å². The summed E-state index contributed by atoms with van der Waals surface area (Å²) in [6, 6.07) is 6.73. The van der Waals surface area contributed by atoms with Gasteiger partial charge in [-0.15, -0.1) is 12.3 Å². The molecule has 0 heterocycles. The van der Waals surface area contributed by atoms with E-state index in [4.69, 9.17) is 6.42 Å². The van der Waals surface area contributed by atoms with Crippen LogP contribution in [0.2, 0.25) is 0 Å². The minimum Gasteiger partial charge on any atom is -0.120 e. The third-order valence-corrected chi connectivity index (χ3v) is 3.29. The quantitative estimate of drug-likeness (QED) is 0.493. The first-order valence-electron chi connectivity index (χ1n) is 7.23. The van der Waals surface area contributed by atoms with E-state index in [2.05, 4.69) is 77.5 Å². The molecule has 0 spiro atoms. The average Bonchev–Trinajstić information content (AvgIpc) is 2.32. The number of rotatable bonds is 1. The second-order valence-electron chi connectivity index (χ2n) is 7.30. The molecule has 106 valence electrons. The Morgan fingerprint density at radius 3 is 1.75 bits per heavy atom. The van der Waals surface area contributed by atoms with E-state index in [1.807, 2.05) is 0 Å². The predicted molar refractivity (Wildman–Crippen MR) is 88.8 cm³/mol. The van der Waals surface area contributed by atoms with Crippen molar-refractivity contribution in [3.63, 3.8) is 0 Å². The van der Waals surface area contributed by atoms with Gasteiger partial charge < -0.3 is 0 Å². The maximum Gasteiger partial charge on any atom is 0.0251 e. The molecule has 0 bridgehead atoms. The van der Waals surface area contributed by atoms with Crippen LogP contribution in [0.5, 0.6) is 0 Å². The molecule has 0 saturated carbocycles. The highest BCUT2D eigenvalue weighted by Gasteiger charge is 2.20. The van der Waals surface area contributed by atoms with E-state index in [9.17, 15) is 0 Å². The molecule has 0 unspecified atom stereocenters. The molecular formula is C20H26. The van der Waals surface area contributed by atoms with Gasteiger partial charge in [0.15, 0.2) is 0 Å². The summed E-state index contributed by atoms with van der Waals surface area (Å²) in [6.45, 7) is 13.4. The zero-order valence-electron chi connectivity index (χ0n) is 13.7. The molecule has 1 aromatic rings. The molecule has 0 N–H and O–H groups in total. The maximum absolute atomic E-state index is 5.25. The van der Waals surface area contributed by atoms with Crippen LogP contribution in [0.4, 0.5) is 0 Å². The van der Waals surface area contributed by atoms with Crippen LogP contribution < -0.4 is 0 Å². The smallest absolute Gasteiger partial charge is 0.0251 e. The summed E-state index contributed by atoms with van der Waals surface area (Å²) in [7, 11) is 0. The monoisotopic (exact) mass is 266 g/mol. The van der Waals surface area contributed by atoms with Crippen molar-refractivity contribution in [3.05, 3.63) is 34.9 Å². The number of terminal acetylenes is 1. The normalized spacial score (nSPS) is 11.4. The van der Waals surface area contributed by atoms with E-state index in [-0.39, 0.29) is 10.8 Å². The lowest BCUT2D eigenvalue weighted by molar-refractivity contribution is 0.568. The summed E-state index contributed by atoms with van der Waals surface area (Å²) in [5.74, 6) is 9.05. The minimum atomic E-state index is 0.135. The fourth-order valence-electron chi connectivity index (χ4n) is 1.87. The van der Waals surface area contributed by atoms with Crippen LogP contribution in [0.15, 0.2) is 18.2 Å². The van der Waals surface area contributed by atoms with Crippen LogP contribution in [0.3, 0.4) is 0 Å². The topological polar surface area (TPSA) is 0 Å². The van der Waals surface area contributed by atoms with Gasteiger partial charge in [-0.3, -0.25) is 0 Å². The Labute approximate surface area is 125 Å². The van der Waals surface area contributed by atoms with Gasteiger partial charge in [0.05, 0.1) is 0 Å². The highest BCUT2D eigenvalue weighted by atomic mass is 14.2. The van der Waals surface area contributed by atoms with Gasteiger partial charge in [-0.05, 0) is 34.1 Å². The molecule has 0 aliphatic heterocycles. The van der Waals surface area contributed by atoms with Gasteiger partial charge in [-0.2, -0.15) is 0 Å². The second-order valence-corrected chi connectivity index (χ2v) is 7.30. The Bertz CT molecular complexity index is 525. The van der Waals surface area contributed by atoms with Crippen LogP contribution in [0.25, 0.3) is 0 Å². The standard InChI is InChI=1S/C20H26/c1-8-9-10-11-12-16-13-17(19(2,3)4)15-18(14-16)20(5,6)7/h1,13-15H,9-10H2,2-7H3. The molecule has 0 heteroatoms. The SMILES string of the molecule is C#CCCC#Cc1cc(C(C)(C)C)cc(C(C)(C)C)c1. The van der Waals surface area contributed by atoms with Crippen molar-refractivity contribution in [2.75, 3.05) is 0 Å². The van der Waals surface area contributed by atoms with Crippen LogP contribution in [-0.4, -0.2) is 0 Å². The van der Waals surface area contributed by atoms with E-state index in [0.29, 0.717) is 0 Å². The van der Waals surface area contributed by atoms with Crippen molar-refractivity contribution in [1.29, 1.82) is 0 Å². The van der Waals surface area contributed by atoms with Gasteiger partial charge in [-0.25, -0.2) is 0 Å². The average molecular weight is 266 g/mol. The number of hydrogen-bond acceptors (Lipinski definition) is 0. The Kier molecular flexibility index (Phi) is 5.08. The van der Waals surface area contributed by atoms with E-state index in [1.54, 1.807) is 0 Å². The molecule has 1 aromatic carbocycles. The first-order valence-corrected chi connectivity index (χ1v) is 7.23. The molecule has 1 rings (SSSR count). The second kappa shape index (κ2) is 6.19. The van der Waals surface area contributed by atoms with Crippen molar-refractivity contribution < 1.29 is 0 Å². The summed E-state index contributed by atoms with van der Waals surface area (Å²) >= 11 is 0. The fraction of sp³-hybridized carbons (Fsp3) is 0.500. The van der Waals surface area contributed by atoms with Crippen molar-refractivity contribution in [2.24, 2.45) is 0 Å². The summed E-state index contributed by atoms with van der Waals surface area (Å²) in [6.07, 6.45) is 6.74. The summed E-state index contributed by atoms with van der Waals surface area (Å²) in [5, 5.41) is 0. The van der Waals surface area contributed by atoms with Gasteiger partial charge in [0.1, 0.15) is 0 Å². The van der Waals surface area contributed by atoms with Gasteiger partial charge in [-0.1, -0.05) is 59.4 Å².